The average Bonchev–Trinajstić information content (AvgIpc) is 2.42. The van der Waals surface area contributed by atoms with Crippen LogP contribution in [0, 0.1) is 5.92 Å². The van der Waals surface area contributed by atoms with Crippen LogP contribution in [0.5, 0.6) is 0 Å². The number of esters is 1. The van der Waals surface area contributed by atoms with Crippen molar-refractivity contribution in [1.29, 1.82) is 0 Å². The van der Waals surface area contributed by atoms with Gasteiger partial charge >= 0.3 is 12.1 Å². The number of benzene rings is 1. The fourth-order valence-corrected chi connectivity index (χ4v) is 2.02. The molecule has 0 aliphatic heterocycles. The largest absolute Gasteiger partial charge is 0.469 e. The molecule has 1 N–H and O–H groups in total. The molecule has 1 aromatic rings. The van der Waals surface area contributed by atoms with Gasteiger partial charge in [-0.1, -0.05) is 30.3 Å². The van der Waals surface area contributed by atoms with Crippen molar-refractivity contribution in [3.63, 3.8) is 0 Å². The quantitative estimate of drug-likeness (QED) is 0.842. The van der Waals surface area contributed by atoms with Crippen LogP contribution >= 0.6 is 0 Å². The lowest BCUT2D eigenvalue weighted by atomic mass is 9.80. The van der Waals surface area contributed by atoms with Gasteiger partial charge in [0, 0.05) is 6.04 Å². The van der Waals surface area contributed by atoms with Gasteiger partial charge in [-0.05, 0) is 18.4 Å². The van der Waals surface area contributed by atoms with Gasteiger partial charge in [-0.3, -0.25) is 4.79 Å². The fourth-order valence-electron chi connectivity index (χ4n) is 2.02. The van der Waals surface area contributed by atoms with Crippen molar-refractivity contribution in [2.75, 3.05) is 7.11 Å². The summed E-state index contributed by atoms with van der Waals surface area (Å²) in [5, 5.41) is 2.69. The molecule has 1 amide bonds. The lowest BCUT2D eigenvalue weighted by molar-refractivity contribution is -0.149. The van der Waals surface area contributed by atoms with E-state index in [4.69, 9.17) is 4.74 Å². The summed E-state index contributed by atoms with van der Waals surface area (Å²) in [4.78, 5) is 22.9. The first kappa shape index (κ1) is 13.4. The first-order valence-electron chi connectivity index (χ1n) is 6.25. The summed E-state index contributed by atoms with van der Waals surface area (Å²) < 4.78 is 9.76. The molecule has 2 rings (SSSR count). The second kappa shape index (κ2) is 6.22. The molecule has 5 nitrogen and oxygen atoms in total. The van der Waals surface area contributed by atoms with Gasteiger partial charge in [0.1, 0.15) is 6.61 Å². The van der Waals surface area contributed by atoms with E-state index in [2.05, 4.69) is 10.1 Å². The van der Waals surface area contributed by atoms with Gasteiger partial charge in [0.2, 0.25) is 0 Å². The Morgan fingerprint density at radius 2 is 2.00 bits per heavy atom. The summed E-state index contributed by atoms with van der Waals surface area (Å²) in [6, 6.07) is 9.27. The third-order valence-corrected chi connectivity index (χ3v) is 3.29. The predicted molar refractivity (Wildman–Crippen MR) is 68.3 cm³/mol. The summed E-state index contributed by atoms with van der Waals surface area (Å²) >= 11 is 0. The number of carbonyl (C=O) groups is 2. The number of nitrogens with one attached hydrogen (secondary N) is 1. The van der Waals surface area contributed by atoms with Crippen molar-refractivity contribution >= 4 is 12.1 Å². The summed E-state index contributed by atoms with van der Waals surface area (Å²) in [5.74, 6) is -0.520. The fraction of sp³-hybridized carbons (Fsp3) is 0.429. The van der Waals surface area contributed by atoms with Crippen molar-refractivity contribution < 1.29 is 19.1 Å². The lowest BCUT2D eigenvalue weighted by Gasteiger charge is -2.34. The maximum Gasteiger partial charge on any atom is 0.407 e. The molecule has 1 aromatic carbocycles. The molecule has 2 unspecified atom stereocenters. The minimum absolute atomic E-state index is 0.171. The molecule has 1 aliphatic rings. The van der Waals surface area contributed by atoms with Crippen LogP contribution in [0.4, 0.5) is 4.79 Å². The number of methoxy groups -OCH3 is 1. The Kier molecular flexibility index (Phi) is 4.39. The van der Waals surface area contributed by atoms with E-state index in [9.17, 15) is 9.59 Å². The molecular weight excluding hydrogens is 246 g/mol. The van der Waals surface area contributed by atoms with Crippen LogP contribution in [-0.2, 0) is 20.9 Å². The van der Waals surface area contributed by atoms with Crippen LogP contribution in [0.2, 0.25) is 0 Å². The number of rotatable bonds is 4. The molecule has 0 bridgehead atoms. The molecule has 19 heavy (non-hydrogen) atoms. The molecular formula is C14H17NO4. The lowest BCUT2D eigenvalue weighted by Crippen LogP contribution is -2.50. The van der Waals surface area contributed by atoms with E-state index in [-0.39, 0.29) is 24.5 Å². The number of ether oxygens (including phenoxy) is 2. The van der Waals surface area contributed by atoms with Gasteiger partial charge in [0.05, 0.1) is 13.0 Å². The van der Waals surface area contributed by atoms with Crippen LogP contribution in [-0.4, -0.2) is 25.2 Å². The smallest absolute Gasteiger partial charge is 0.407 e. The molecule has 0 saturated heterocycles. The normalized spacial score (nSPS) is 21.1. The third kappa shape index (κ3) is 3.47. The molecule has 0 radical (unpaired) electrons. The Morgan fingerprint density at radius 1 is 1.26 bits per heavy atom. The molecule has 0 heterocycles. The van der Waals surface area contributed by atoms with Gasteiger partial charge in [0.25, 0.3) is 0 Å². The zero-order chi connectivity index (χ0) is 13.7. The molecule has 1 saturated carbocycles. The SMILES string of the molecule is COC(=O)C1CCC1NC(=O)OCc1ccccc1. The summed E-state index contributed by atoms with van der Waals surface area (Å²) in [7, 11) is 1.35. The van der Waals surface area contributed by atoms with Crippen LogP contribution in [0.15, 0.2) is 30.3 Å². The van der Waals surface area contributed by atoms with Crippen molar-refractivity contribution in [3.05, 3.63) is 35.9 Å². The zero-order valence-electron chi connectivity index (χ0n) is 10.8. The first-order valence-corrected chi connectivity index (χ1v) is 6.25. The number of alkyl carbamates (subject to hydrolysis) is 1. The molecule has 1 fully saturated rings. The Balaban J connectivity index is 1.74. The van der Waals surface area contributed by atoms with E-state index >= 15 is 0 Å². The summed E-state index contributed by atoms with van der Waals surface area (Å²) in [5.41, 5.74) is 0.927. The zero-order valence-corrected chi connectivity index (χ0v) is 10.8. The number of hydrogen-bond donors (Lipinski definition) is 1. The van der Waals surface area contributed by atoms with Gasteiger partial charge in [-0.15, -0.1) is 0 Å². The van der Waals surface area contributed by atoms with E-state index in [1.807, 2.05) is 30.3 Å². The van der Waals surface area contributed by atoms with Crippen molar-refractivity contribution in [2.24, 2.45) is 5.92 Å². The van der Waals surface area contributed by atoms with Crippen molar-refractivity contribution in [3.8, 4) is 0 Å². The minimum atomic E-state index is -0.498. The standard InChI is InChI=1S/C14H17NO4/c1-18-13(16)11-7-8-12(11)15-14(17)19-9-10-5-3-2-4-6-10/h2-6,11-12H,7-9H2,1H3,(H,15,17). The van der Waals surface area contributed by atoms with E-state index in [1.165, 1.54) is 7.11 Å². The highest BCUT2D eigenvalue weighted by Crippen LogP contribution is 2.28. The Bertz CT molecular complexity index is 446. The molecule has 0 spiro atoms. The van der Waals surface area contributed by atoms with Crippen molar-refractivity contribution in [1.82, 2.24) is 5.32 Å². The Morgan fingerprint density at radius 3 is 2.58 bits per heavy atom. The van der Waals surface area contributed by atoms with Crippen LogP contribution in [0.25, 0.3) is 0 Å². The van der Waals surface area contributed by atoms with Crippen molar-refractivity contribution in [2.45, 2.75) is 25.5 Å². The number of hydrogen-bond acceptors (Lipinski definition) is 4. The molecule has 5 heteroatoms. The van der Waals surface area contributed by atoms with Crippen LogP contribution in [0.3, 0.4) is 0 Å². The Hall–Kier alpha value is -2.04. The van der Waals surface area contributed by atoms with Gasteiger partial charge in [-0.2, -0.15) is 0 Å². The van der Waals surface area contributed by atoms with E-state index < -0.39 is 6.09 Å². The predicted octanol–water partition coefficient (Wildman–Crippen LogP) is 1.86. The first-order chi connectivity index (χ1) is 9.20. The highest BCUT2D eigenvalue weighted by Gasteiger charge is 2.38. The minimum Gasteiger partial charge on any atom is -0.469 e. The van der Waals surface area contributed by atoms with Crippen LogP contribution in [0.1, 0.15) is 18.4 Å². The van der Waals surface area contributed by atoms with Crippen LogP contribution < -0.4 is 5.32 Å². The Labute approximate surface area is 111 Å². The summed E-state index contributed by atoms with van der Waals surface area (Å²) in [6.07, 6.45) is 1.03. The van der Waals surface area contributed by atoms with E-state index in [0.717, 1.165) is 18.4 Å². The topological polar surface area (TPSA) is 64.6 Å². The molecule has 1 aliphatic carbocycles. The van der Waals surface area contributed by atoms with E-state index in [1.54, 1.807) is 0 Å². The molecule has 102 valence electrons. The second-order valence-corrected chi connectivity index (χ2v) is 4.52. The summed E-state index contributed by atoms with van der Waals surface area (Å²) in [6.45, 7) is 0.224. The average molecular weight is 263 g/mol. The third-order valence-electron chi connectivity index (χ3n) is 3.29. The molecule has 0 aromatic heterocycles. The van der Waals surface area contributed by atoms with Gasteiger partial charge in [0.15, 0.2) is 0 Å². The highest BCUT2D eigenvalue weighted by atomic mass is 16.5. The second-order valence-electron chi connectivity index (χ2n) is 4.52. The monoisotopic (exact) mass is 263 g/mol. The van der Waals surface area contributed by atoms with Gasteiger partial charge in [-0.25, -0.2) is 4.79 Å². The maximum absolute atomic E-state index is 11.6. The number of amides is 1. The maximum atomic E-state index is 11.6. The highest BCUT2D eigenvalue weighted by molar-refractivity contribution is 5.76. The molecule has 2 atom stereocenters. The van der Waals surface area contributed by atoms with E-state index in [0.29, 0.717) is 0 Å². The number of carbonyl (C=O) groups excluding carboxylic acids is 2. The van der Waals surface area contributed by atoms with Gasteiger partial charge < -0.3 is 14.8 Å².